The van der Waals surface area contributed by atoms with Gasteiger partial charge in [-0.1, -0.05) is 18.2 Å². The predicted molar refractivity (Wildman–Crippen MR) is 98.9 cm³/mol. The number of hydrogen-bond donors (Lipinski definition) is 1. The summed E-state index contributed by atoms with van der Waals surface area (Å²) in [5.41, 5.74) is 2.76. The van der Waals surface area contributed by atoms with Gasteiger partial charge in [-0.05, 0) is 30.7 Å². The number of nitrogens with one attached hydrogen (secondary N) is 1. The normalized spacial score (nSPS) is 14.5. The molecule has 1 saturated heterocycles. The average Bonchev–Trinajstić information content (AvgIpc) is 3.23. The van der Waals surface area contributed by atoms with Crippen LogP contribution in [0.4, 0.5) is 5.82 Å². The molecule has 7 nitrogen and oxygen atoms in total. The standard InChI is InChI=1S/C19H20N6O/c1-14-3-2-8-20-18(14)24-9-11-25(12-10-24)19(26)16-6-4-15(5-7-16)17-21-13-22-23-17/h2-8,13H,9-12H2,1H3,(H,21,22,23). The highest BCUT2D eigenvalue weighted by Crippen LogP contribution is 2.20. The Morgan fingerprint density at radius 2 is 1.81 bits per heavy atom. The number of H-pyrrole nitrogens is 1. The number of aryl methyl sites for hydroxylation is 1. The van der Waals surface area contributed by atoms with Crippen LogP contribution in [0.5, 0.6) is 0 Å². The van der Waals surface area contributed by atoms with E-state index in [0.717, 1.165) is 30.0 Å². The van der Waals surface area contributed by atoms with Crippen molar-refractivity contribution in [3.8, 4) is 11.4 Å². The van der Waals surface area contributed by atoms with Crippen LogP contribution >= 0.6 is 0 Å². The lowest BCUT2D eigenvalue weighted by molar-refractivity contribution is 0.0746. The summed E-state index contributed by atoms with van der Waals surface area (Å²) < 4.78 is 0. The number of piperazine rings is 1. The summed E-state index contributed by atoms with van der Waals surface area (Å²) in [5.74, 6) is 1.77. The summed E-state index contributed by atoms with van der Waals surface area (Å²) in [6.07, 6.45) is 3.28. The second kappa shape index (κ2) is 6.95. The van der Waals surface area contributed by atoms with Crippen molar-refractivity contribution in [2.45, 2.75) is 6.92 Å². The summed E-state index contributed by atoms with van der Waals surface area (Å²) in [6, 6.07) is 11.5. The van der Waals surface area contributed by atoms with Gasteiger partial charge in [0.1, 0.15) is 12.1 Å². The van der Waals surface area contributed by atoms with Gasteiger partial charge in [-0.25, -0.2) is 9.97 Å². The molecule has 0 aliphatic carbocycles. The highest BCUT2D eigenvalue weighted by atomic mass is 16.2. The molecule has 3 aromatic rings. The fourth-order valence-corrected chi connectivity index (χ4v) is 3.23. The van der Waals surface area contributed by atoms with E-state index in [9.17, 15) is 4.79 Å². The first-order valence-corrected chi connectivity index (χ1v) is 8.64. The smallest absolute Gasteiger partial charge is 0.253 e. The first-order valence-electron chi connectivity index (χ1n) is 8.64. The molecular formula is C19H20N6O. The van der Waals surface area contributed by atoms with Gasteiger partial charge < -0.3 is 9.80 Å². The number of aromatic nitrogens is 4. The summed E-state index contributed by atoms with van der Waals surface area (Å²) >= 11 is 0. The topological polar surface area (TPSA) is 78.0 Å². The van der Waals surface area contributed by atoms with Gasteiger partial charge in [0.05, 0.1) is 0 Å². The van der Waals surface area contributed by atoms with E-state index < -0.39 is 0 Å². The fraction of sp³-hybridized carbons (Fsp3) is 0.263. The molecular weight excluding hydrogens is 328 g/mol. The number of pyridine rings is 1. The number of aromatic amines is 1. The van der Waals surface area contributed by atoms with Crippen molar-refractivity contribution in [1.29, 1.82) is 0 Å². The van der Waals surface area contributed by atoms with Crippen molar-refractivity contribution in [1.82, 2.24) is 25.1 Å². The lowest BCUT2D eigenvalue weighted by Crippen LogP contribution is -2.49. The van der Waals surface area contributed by atoms with Gasteiger partial charge in [-0.15, -0.1) is 0 Å². The van der Waals surface area contributed by atoms with Gasteiger partial charge in [0.25, 0.3) is 5.91 Å². The quantitative estimate of drug-likeness (QED) is 0.785. The molecule has 26 heavy (non-hydrogen) atoms. The molecule has 2 aromatic heterocycles. The van der Waals surface area contributed by atoms with Crippen LogP contribution in [0, 0.1) is 6.92 Å². The molecule has 3 heterocycles. The second-order valence-electron chi connectivity index (χ2n) is 6.33. The third-order valence-electron chi connectivity index (χ3n) is 4.67. The number of anilines is 1. The van der Waals surface area contributed by atoms with Crippen molar-refractivity contribution in [3.05, 3.63) is 60.0 Å². The van der Waals surface area contributed by atoms with Crippen LogP contribution in [0.1, 0.15) is 15.9 Å². The van der Waals surface area contributed by atoms with Gasteiger partial charge in [0, 0.05) is 43.5 Å². The van der Waals surface area contributed by atoms with Crippen LogP contribution in [-0.2, 0) is 0 Å². The van der Waals surface area contributed by atoms with E-state index >= 15 is 0 Å². The Morgan fingerprint density at radius 1 is 1.04 bits per heavy atom. The summed E-state index contributed by atoms with van der Waals surface area (Å²) in [7, 11) is 0. The summed E-state index contributed by atoms with van der Waals surface area (Å²) in [5, 5.41) is 6.67. The minimum atomic E-state index is 0.0616. The van der Waals surface area contributed by atoms with Gasteiger partial charge in [-0.2, -0.15) is 5.10 Å². The second-order valence-corrected chi connectivity index (χ2v) is 6.33. The van der Waals surface area contributed by atoms with Crippen LogP contribution in [0.2, 0.25) is 0 Å². The number of benzene rings is 1. The Kier molecular flexibility index (Phi) is 4.35. The molecule has 1 aliphatic heterocycles. The molecule has 0 atom stereocenters. The summed E-state index contributed by atoms with van der Waals surface area (Å²) in [4.78, 5) is 25.5. The monoisotopic (exact) mass is 348 g/mol. The molecule has 7 heteroatoms. The molecule has 1 aliphatic rings. The summed E-state index contributed by atoms with van der Waals surface area (Å²) in [6.45, 7) is 5.03. The maximum absolute atomic E-state index is 12.8. The number of hydrogen-bond acceptors (Lipinski definition) is 5. The highest BCUT2D eigenvalue weighted by Gasteiger charge is 2.23. The Morgan fingerprint density at radius 3 is 2.46 bits per heavy atom. The zero-order valence-corrected chi connectivity index (χ0v) is 14.6. The van der Waals surface area contributed by atoms with Crippen molar-refractivity contribution >= 4 is 11.7 Å². The van der Waals surface area contributed by atoms with Crippen LogP contribution in [0.15, 0.2) is 48.9 Å². The van der Waals surface area contributed by atoms with Crippen LogP contribution in [-0.4, -0.2) is 57.2 Å². The van der Waals surface area contributed by atoms with E-state index in [2.05, 4.69) is 38.1 Å². The third kappa shape index (κ3) is 3.15. The minimum Gasteiger partial charge on any atom is -0.353 e. The molecule has 0 bridgehead atoms. The van der Waals surface area contributed by atoms with Crippen molar-refractivity contribution in [3.63, 3.8) is 0 Å². The molecule has 0 spiro atoms. The molecule has 1 aromatic carbocycles. The maximum Gasteiger partial charge on any atom is 0.253 e. The van der Waals surface area contributed by atoms with E-state index in [1.165, 1.54) is 6.33 Å². The van der Waals surface area contributed by atoms with Gasteiger partial charge >= 0.3 is 0 Å². The van der Waals surface area contributed by atoms with Crippen molar-refractivity contribution in [2.24, 2.45) is 0 Å². The Balaban J connectivity index is 1.41. The van der Waals surface area contributed by atoms with Crippen molar-refractivity contribution < 1.29 is 4.79 Å². The largest absolute Gasteiger partial charge is 0.353 e. The zero-order valence-electron chi connectivity index (χ0n) is 14.6. The van der Waals surface area contributed by atoms with Crippen LogP contribution < -0.4 is 4.90 Å². The van der Waals surface area contributed by atoms with E-state index in [0.29, 0.717) is 24.5 Å². The molecule has 4 rings (SSSR count). The predicted octanol–water partition coefficient (Wildman–Crippen LogP) is 2.14. The van der Waals surface area contributed by atoms with E-state index in [1.807, 2.05) is 41.4 Å². The lowest BCUT2D eigenvalue weighted by atomic mass is 10.1. The molecule has 132 valence electrons. The lowest BCUT2D eigenvalue weighted by Gasteiger charge is -2.36. The number of carbonyl (C=O) groups is 1. The molecule has 0 radical (unpaired) electrons. The number of amides is 1. The van der Waals surface area contributed by atoms with Gasteiger partial charge in [0.2, 0.25) is 0 Å². The number of rotatable bonds is 3. The van der Waals surface area contributed by atoms with Crippen LogP contribution in [0.3, 0.4) is 0 Å². The van der Waals surface area contributed by atoms with Crippen LogP contribution in [0.25, 0.3) is 11.4 Å². The van der Waals surface area contributed by atoms with Crippen molar-refractivity contribution in [2.75, 3.05) is 31.1 Å². The first-order chi connectivity index (χ1) is 12.7. The number of nitrogens with zero attached hydrogens (tertiary/aromatic N) is 5. The third-order valence-corrected chi connectivity index (χ3v) is 4.67. The van der Waals surface area contributed by atoms with Gasteiger partial charge in [0.15, 0.2) is 5.82 Å². The molecule has 1 fully saturated rings. The van der Waals surface area contributed by atoms with E-state index in [4.69, 9.17) is 0 Å². The maximum atomic E-state index is 12.8. The van der Waals surface area contributed by atoms with E-state index in [-0.39, 0.29) is 5.91 Å². The Hall–Kier alpha value is -3.22. The molecule has 0 saturated carbocycles. The van der Waals surface area contributed by atoms with E-state index in [1.54, 1.807) is 0 Å². The average molecular weight is 348 g/mol. The first kappa shape index (κ1) is 16.3. The van der Waals surface area contributed by atoms with Gasteiger partial charge in [-0.3, -0.25) is 9.89 Å². The zero-order chi connectivity index (χ0) is 17.9. The molecule has 1 N–H and O–H groups in total. The molecule has 1 amide bonds. The minimum absolute atomic E-state index is 0.0616. The Bertz CT molecular complexity index is 883. The fourth-order valence-electron chi connectivity index (χ4n) is 3.23. The Labute approximate surface area is 151 Å². The highest BCUT2D eigenvalue weighted by molar-refractivity contribution is 5.94. The number of carbonyl (C=O) groups excluding carboxylic acids is 1. The molecule has 0 unspecified atom stereocenters. The SMILES string of the molecule is Cc1cccnc1N1CCN(C(=O)c2ccc(-c3ncn[nH]3)cc2)CC1.